The highest BCUT2D eigenvalue weighted by Crippen LogP contribution is 2.34. The number of aromatic amines is 1. The van der Waals surface area contributed by atoms with Crippen molar-refractivity contribution >= 4 is 22.7 Å². The van der Waals surface area contributed by atoms with Gasteiger partial charge in [-0.3, -0.25) is 0 Å². The lowest BCUT2D eigenvalue weighted by Crippen LogP contribution is -2.01. The van der Waals surface area contributed by atoms with Crippen molar-refractivity contribution in [2.75, 3.05) is 5.32 Å². The third kappa shape index (κ3) is 2.66. The first-order chi connectivity index (χ1) is 12.3. The van der Waals surface area contributed by atoms with Crippen molar-refractivity contribution in [2.45, 2.75) is 0 Å². The first-order valence-electron chi connectivity index (χ1n) is 7.46. The van der Waals surface area contributed by atoms with Crippen molar-refractivity contribution in [3.05, 3.63) is 66.5 Å². The van der Waals surface area contributed by atoms with Gasteiger partial charge < -0.3 is 10.3 Å². The van der Waals surface area contributed by atoms with Crippen molar-refractivity contribution < 1.29 is 4.39 Å². The molecule has 0 aliphatic carbocycles. The second kappa shape index (κ2) is 6.02. The molecule has 2 aromatic carbocycles. The summed E-state index contributed by atoms with van der Waals surface area (Å²) in [6.45, 7) is 0. The van der Waals surface area contributed by atoms with Crippen LogP contribution in [0.4, 0.5) is 16.0 Å². The van der Waals surface area contributed by atoms with E-state index in [1.54, 1.807) is 6.07 Å². The smallest absolute Gasteiger partial charge is 0.227 e. The number of fused-ring (bicyclic) bond motifs is 1. The fraction of sp³-hybridized carbons (Fsp3) is 0. The number of nitriles is 1. The number of halogens is 1. The number of anilines is 2. The van der Waals surface area contributed by atoms with E-state index in [2.05, 4.69) is 25.3 Å². The maximum atomic E-state index is 15.2. The molecular weight excluding hydrogens is 319 g/mol. The molecule has 25 heavy (non-hydrogen) atoms. The number of nitrogens with one attached hydrogen (secondary N) is 2. The third-order valence-corrected chi connectivity index (χ3v) is 3.74. The van der Waals surface area contributed by atoms with Crippen LogP contribution in [-0.2, 0) is 0 Å². The zero-order chi connectivity index (χ0) is 17.2. The molecule has 2 heterocycles. The molecule has 6 nitrogen and oxygen atoms in total. The lowest BCUT2D eigenvalue weighted by atomic mass is 10.0. The number of hydrogen-bond donors (Lipinski definition) is 2. The molecule has 120 valence electrons. The average Bonchev–Trinajstić information content (AvgIpc) is 3.11. The fourth-order valence-corrected chi connectivity index (χ4v) is 2.59. The number of H-pyrrole nitrogens is 1. The fourth-order valence-electron chi connectivity index (χ4n) is 2.59. The lowest BCUT2D eigenvalue weighted by molar-refractivity contribution is 0.636. The van der Waals surface area contributed by atoms with Gasteiger partial charge in [-0.25, -0.2) is 19.3 Å². The molecule has 0 radical (unpaired) electrons. The summed E-state index contributed by atoms with van der Waals surface area (Å²) in [6, 6.07) is 12.8. The van der Waals surface area contributed by atoms with Crippen LogP contribution in [0.5, 0.6) is 0 Å². The summed E-state index contributed by atoms with van der Waals surface area (Å²) in [5.74, 6) is -0.241. The van der Waals surface area contributed by atoms with Crippen LogP contribution in [0.3, 0.4) is 0 Å². The molecule has 0 amide bonds. The molecule has 4 rings (SSSR count). The van der Waals surface area contributed by atoms with Gasteiger partial charge in [0, 0.05) is 5.56 Å². The standard InChI is InChI=1S/C18H11FN6/c19-16-13(25-18-21-8-11(7-20)9-22-18)6-14-17(24-10-23-14)15(16)12-4-2-1-3-5-12/h1-6,8-10H,(H,23,24)(H,21,22,25). The van der Waals surface area contributed by atoms with Crippen LogP contribution in [0, 0.1) is 17.1 Å². The van der Waals surface area contributed by atoms with E-state index in [0.717, 1.165) is 5.56 Å². The molecule has 0 aliphatic rings. The van der Waals surface area contributed by atoms with Gasteiger partial charge >= 0.3 is 0 Å². The Balaban J connectivity index is 1.84. The van der Waals surface area contributed by atoms with E-state index < -0.39 is 5.82 Å². The summed E-state index contributed by atoms with van der Waals surface area (Å²) < 4.78 is 15.2. The van der Waals surface area contributed by atoms with Crippen molar-refractivity contribution in [3.63, 3.8) is 0 Å². The van der Waals surface area contributed by atoms with Gasteiger partial charge in [0.15, 0.2) is 5.82 Å². The van der Waals surface area contributed by atoms with E-state index in [1.807, 2.05) is 36.4 Å². The number of hydrogen-bond acceptors (Lipinski definition) is 5. The Labute approximate surface area is 142 Å². The van der Waals surface area contributed by atoms with E-state index in [9.17, 15) is 0 Å². The van der Waals surface area contributed by atoms with Crippen LogP contribution >= 0.6 is 0 Å². The molecule has 0 fully saturated rings. The van der Waals surface area contributed by atoms with Gasteiger partial charge in [-0.05, 0) is 11.6 Å². The molecule has 0 unspecified atom stereocenters. The Hall–Kier alpha value is -3.79. The average molecular weight is 330 g/mol. The number of imidazole rings is 1. The van der Waals surface area contributed by atoms with Gasteiger partial charge in [-0.2, -0.15) is 5.26 Å². The van der Waals surface area contributed by atoms with E-state index in [1.165, 1.54) is 18.7 Å². The number of nitrogens with zero attached hydrogens (tertiary/aromatic N) is 4. The molecule has 0 spiro atoms. The monoisotopic (exact) mass is 330 g/mol. The predicted molar refractivity (Wildman–Crippen MR) is 91.5 cm³/mol. The topological polar surface area (TPSA) is 90.3 Å². The highest BCUT2D eigenvalue weighted by Gasteiger charge is 2.17. The summed E-state index contributed by atoms with van der Waals surface area (Å²) in [6.07, 6.45) is 4.28. The van der Waals surface area contributed by atoms with Crippen LogP contribution in [0.25, 0.3) is 22.2 Å². The number of rotatable bonds is 3. The van der Waals surface area contributed by atoms with Crippen LogP contribution in [0.15, 0.2) is 55.1 Å². The van der Waals surface area contributed by atoms with Gasteiger partial charge in [0.2, 0.25) is 5.95 Å². The van der Waals surface area contributed by atoms with Crippen LogP contribution in [-0.4, -0.2) is 19.9 Å². The van der Waals surface area contributed by atoms with Gasteiger partial charge in [0.05, 0.1) is 41.0 Å². The van der Waals surface area contributed by atoms with Gasteiger partial charge in [0.1, 0.15) is 6.07 Å². The molecule has 0 aliphatic heterocycles. The minimum Gasteiger partial charge on any atom is -0.345 e. The summed E-state index contributed by atoms with van der Waals surface area (Å²) in [4.78, 5) is 15.3. The Morgan fingerprint density at radius 1 is 1.08 bits per heavy atom. The van der Waals surface area contributed by atoms with Crippen molar-refractivity contribution in [1.29, 1.82) is 5.26 Å². The summed E-state index contributed by atoms with van der Waals surface area (Å²) in [7, 11) is 0. The molecule has 4 aromatic rings. The van der Waals surface area contributed by atoms with Gasteiger partial charge in [-0.15, -0.1) is 0 Å². The quantitative estimate of drug-likeness (QED) is 0.596. The Kier molecular flexibility index (Phi) is 3.56. The second-order valence-electron chi connectivity index (χ2n) is 5.31. The minimum atomic E-state index is -0.446. The SMILES string of the molecule is N#Cc1cnc(Nc2cc3[nH]cnc3c(-c3ccccc3)c2F)nc1. The second-order valence-corrected chi connectivity index (χ2v) is 5.31. The molecule has 2 aromatic heterocycles. The normalized spacial score (nSPS) is 10.6. The zero-order valence-electron chi connectivity index (χ0n) is 12.9. The van der Waals surface area contributed by atoms with Crippen molar-refractivity contribution in [1.82, 2.24) is 19.9 Å². The van der Waals surface area contributed by atoms with E-state index in [-0.39, 0.29) is 11.6 Å². The Morgan fingerprint density at radius 2 is 1.84 bits per heavy atom. The molecule has 0 bridgehead atoms. The third-order valence-electron chi connectivity index (χ3n) is 3.74. The van der Waals surface area contributed by atoms with Gasteiger partial charge in [0.25, 0.3) is 0 Å². The van der Waals surface area contributed by atoms with Crippen molar-refractivity contribution in [3.8, 4) is 17.2 Å². The highest BCUT2D eigenvalue weighted by atomic mass is 19.1. The van der Waals surface area contributed by atoms with Crippen LogP contribution in [0.1, 0.15) is 5.56 Å². The molecule has 2 N–H and O–H groups in total. The van der Waals surface area contributed by atoms with E-state index in [4.69, 9.17) is 5.26 Å². The first kappa shape index (κ1) is 14.8. The maximum absolute atomic E-state index is 15.2. The Morgan fingerprint density at radius 3 is 2.56 bits per heavy atom. The summed E-state index contributed by atoms with van der Waals surface area (Å²) >= 11 is 0. The number of aromatic nitrogens is 4. The molecular formula is C18H11FN6. The first-order valence-corrected chi connectivity index (χ1v) is 7.46. The zero-order valence-corrected chi connectivity index (χ0v) is 12.9. The molecule has 0 saturated carbocycles. The van der Waals surface area contributed by atoms with Crippen LogP contribution in [0.2, 0.25) is 0 Å². The maximum Gasteiger partial charge on any atom is 0.227 e. The minimum absolute atomic E-state index is 0.204. The highest BCUT2D eigenvalue weighted by molar-refractivity contribution is 5.95. The van der Waals surface area contributed by atoms with Crippen LogP contribution < -0.4 is 5.32 Å². The largest absolute Gasteiger partial charge is 0.345 e. The van der Waals surface area contributed by atoms with E-state index in [0.29, 0.717) is 22.2 Å². The Bertz CT molecular complexity index is 1080. The van der Waals surface area contributed by atoms with Crippen molar-refractivity contribution in [2.24, 2.45) is 0 Å². The van der Waals surface area contributed by atoms with Gasteiger partial charge in [-0.1, -0.05) is 30.3 Å². The predicted octanol–water partition coefficient (Wildman–Crippen LogP) is 3.77. The molecule has 0 saturated heterocycles. The molecule has 7 heteroatoms. The summed E-state index contributed by atoms with van der Waals surface area (Å²) in [5.41, 5.74) is 2.92. The lowest BCUT2D eigenvalue weighted by Gasteiger charge is -2.11. The number of benzene rings is 2. The molecule has 0 atom stereocenters. The summed E-state index contributed by atoms with van der Waals surface area (Å²) in [5, 5.41) is 11.7. The van der Waals surface area contributed by atoms with E-state index >= 15 is 4.39 Å².